The third kappa shape index (κ3) is 4.89. The quantitative estimate of drug-likeness (QED) is 0.490. The fourth-order valence-electron chi connectivity index (χ4n) is 2.11. The number of aliphatic hydroxyl groups is 2. The van der Waals surface area contributed by atoms with E-state index in [1.807, 2.05) is 0 Å². The molecule has 1 heterocycles. The summed E-state index contributed by atoms with van der Waals surface area (Å²) < 4.78 is 54.1. The SMILES string of the molecule is COC(O)OCOC(O)CN1C(=O)C(=O)c2cc(OC(F)(F)F)ccc21. The summed E-state index contributed by atoms with van der Waals surface area (Å²) in [5.74, 6) is -2.76. The van der Waals surface area contributed by atoms with E-state index in [4.69, 9.17) is 9.84 Å². The van der Waals surface area contributed by atoms with Gasteiger partial charge in [0.1, 0.15) is 5.75 Å². The van der Waals surface area contributed by atoms with Crippen molar-refractivity contribution in [2.45, 2.75) is 19.1 Å². The monoisotopic (exact) mass is 381 g/mol. The van der Waals surface area contributed by atoms with Crippen LogP contribution in [0.4, 0.5) is 18.9 Å². The Hall–Kier alpha value is -2.25. The van der Waals surface area contributed by atoms with Gasteiger partial charge in [0.05, 0.1) is 17.8 Å². The standard InChI is InChI=1S/C14H14F3NO8/c1-23-13(22)25-6-24-10(19)5-18-9-3-2-7(26-14(15,16)17)4-8(9)11(20)12(18)21/h2-4,10,13,19,22H,5-6H2,1H3. The van der Waals surface area contributed by atoms with Crippen LogP contribution in [0, 0.1) is 0 Å². The number of ether oxygens (including phenoxy) is 4. The number of halogens is 3. The number of fused-ring (bicyclic) bond motifs is 1. The number of ketones is 1. The first-order chi connectivity index (χ1) is 12.1. The van der Waals surface area contributed by atoms with Crippen LogP contribution >= 0.6 is 0 Å². The van der Waals surface area contributed by atoms with Crippen molar-refractivity contribution in [2.24, 2.45) is 0 Å². The molecular formula is C14H14F3NO8. The Kier molecular flexibility index (Phi) is 6.15. The van der Waals surface area contributed by atoms with Gasteiger partial charge in [0.2, 0.25) is 0 Å². The van der Waals surface area contributed by atoms with Gasteiger partial charge in [0.25, 0.3) is 18.2 Å². The van der Waals surface area contributed by atoms with E-state index in [0.717, 1.165) is 30.2 Å². The summed E-state index contributed by atoms with van der Waals surface area (Å²) in [6.07, 6.45) is -6.55. The van der Waals surface area contributed by atoms with Crippen LogP contribution in [0.25, 0.3) is 0 Å². The van der Waals surface area contributed by atoms with Crippen LogP contribution < -0.4 is 9.64 Å². The largest absolute Gasteiger partial charge is 0.573 e. The number of hydrogen-bond donors (Lipinski definition) is 2. The van der Waals surface area contributed by atoms with Crippen molar-refractivity contribution in [1.82, 2.24) is 0 Å². The number of anilines is 1. The van der Waals surface area contributed by atoms with Gasteiger partial charge in [-0.3, -0.25) is 14.5 Å². The molecule has 1 aromatic carbocycles. The van der Waals surface area contributed by atoms with Gasteiger partial charge in [0.15, 0.2) is 13.1 Å². The summed E-state index contributed by atoms with van der Waals surface area (Å²) in [5, 5.41) is 18.7. The normalized spacial score (nSPS) is 16.6. The third-order valence-corrected chi connectivity index (χ3v) is 3.19. The molecule has 0 aromatic heterocycles. The zero-order valence-corrected chi connectivity index (χ0v) is 13.2. The fourth-order valence-corrected chi connectivity index (χ4v) is 2.11. The molecule has 2 N–H and O–H groups in total. The van der Waals surface area contributed by atoms with Crippen molar-refractivity contribution in [1.29, 1.82) is 0 Å². The summed E-state index contributed by atoms with van der Waals surface area (Å²) in [6, 6.07) is 2.79. The van der Waals surface area contributed by atoms with Gasteiger partial charge in [-0.25, -0.2) is 0 Å². The second-order valence-corrected chi connectivity index (χ2v) is 4.92. The lowest BCUT2D eigenvalue weighted by Gasteiger charge is -2.21. The van der Waals surface area contributed by atoms with Crippen molar-refractivity contribution in [3.8, 4) is 5.75 Å². The van der Waals surface area contributed by atoms with E-state index >= 15 is 0 Å². The minimum absolute atomic E-state index is 0.00461. The van der Waals surface area contributed by atoms with Crippen LogP contribution in [0.5, 0.6) is 5.75 Å². The highest BCUT2D eigenvalue weighted by atomic mass is 19.4. The maximum Gasteiger partial charge on any atom is 0.573 e. The number of aliphatic hydroxyl groups excluding tert-OH is 2. The van der Waals surface area contributed by atoms with E-state index in [1.165, 1.54) is 0 Å². The lowest BCUT2D eigenvalue weighted by molar-refractivity contribution is -0.298. The van der Waals surface area contributed by atoms with E-state index in [1.54, 1.807) is 0 Å². The van der Waals surface area contributed by atoms with Crippen LogP contribution in [-0.2, 0) is 19.0 Å². The van der Waals surface area contributed by atoms with Crippen LogP contribution in [0.2, 0.25) is 0 Å². The Balaban J connectivity index is 2.06. The van der Waals surface area contributed by atoms with Gasteiger partial charge in [-0.1, -0.05) is 0 Å². The predicted octanol–water partition coefficient (Wildman–Crippen LogP) is 0.346. The Morgan fingerprint density at radius 1 is 1.19 bits per heavy atom. The molecule has 1 aliphatic heterocycles. The highest BCUT2D eigenvalue weighted by molar-refractivity contribution is 6.52. The van der Waals surface area contributed by atoms with Crippen LogP contribution in [0.1, 0.15) is 10.4 Å². The summed E-state index contributed by atoms with van der Waals surface area (Å²) in [6.45, 7) is -2.66. The lowest BCUT2D eigenvalue weighted by atomic mass is 10.1. The summed E-state index contributed by atoms with van der Waals surface area (Å²) >= 11 is 0. The van der Waals surface area contributed by atoms with Gasteiger partial charge in [-0.15, -0.1) is 13.2 Å². The zero-order valence-electron chi connectivity index (χ0n) is 13.2. The number of carbonyl (C=O) groups is 2. The number of amides is 1. The molecule has 144 valence electrons. The average molecular weight is 381 g/mol. The number of methoxy groups -OCH3 is 1. The van der Waals surface area contributed by atoms with Crippen molar-refractivity contribution in [3.05, 3.63) is 23.8 Å². The highest BCUT2D eigenvalue weighted by Crippen LogP contribution is 2.34. The number of benzene rings is 1. The number of alkyl halides is 3. The smallest absolute Gasteiger partial charge is 0.406 e. The van der Waals surface area contributed by atoms with E-state index in [2.05, 4.69) is 14.2 Å². The molecule has 0 radical (unpaired) electrons. The van der Waals surface area contributed by atoms with Crippen LogP contribution in [0.3, 0.4) is 0 Å². The Labute approximate surface area is 144 Å². The van der Waals surface area contributed by atoms with Crippen molar-refractivity contribution in [3.63, 3.8) is 0 Å². The molecule has 9 nitrogen and oxygen atoms in total. The molecule has 0 saturated carbocycles. The summed E-state index contributed by atoms with van der Waals surface area (Å²) in [5.41, 5.74) is -0.301. The fraction of sp³-hybridized carbons (Fsp3) is 0.429. The second-order valence-electron chi connectivity index (χ2n) is 4.92. The van der Waals surface area contributed by atoms with Gasteiger partial charge < -0.3 is 29.2 Å². The first-order valence-electron chi connectivity index (χ1n) is 7.00. The molecule has 1 aliphatic rings. The predicted molar refractivity (Wildman–Crippen MR) is 75.9 cm³/mol. The molecule has 1 amide bonds. The molecule has 2 atom stereocenters. The van der Waals surface area contributed by atoms with Crippen molar-refractivity contribution >= 4 is 17.4 Å². The van der Waals surface area contributed by atoms with Gasteiger partial charge in [0, 0.05) is 7.11 Å². The maximum absolute atomic E-state index is 12.2. The molecule has 2 unspecified atom stereocenters. The number of carbonyl (C=O) groups excluding carboxylic acids is 2. The van der Waals surface area contributed by atoms with Crippen molar-refractivity contribution < 1.29 is 51.9 Å². The molecule has 2 rings (SSSR count). The van der Waals surface area contributed by atoms with Gasteiger partial charge >= 0.3 is 6.36 Å². The zero-order chi connectivity index (χ0) is 19.5. The number of β-amino-alcohol motifs (C(OH)–C–C–N with tert-alkyl or cyclic N) is 1. The van der Waals surface area contributed by atoms with Gasteiger partial charge in [-0.2, -0.15) is 0 Å². The Bertz CT molecular complexity index is 681. The van der Waals surface area contributed by atoms with E-state index < -0.39 is 49.9 Å². The van der Waals surface area contributed by atoms with Gasteiger partial charge in [-0.05, 0) is 18.2 Å². The van der Waals surface area contributed by atoms with E-state index in [-0.39, 0.29) is 11.3 Å². The molecule has 0 spiro atoms. The van der Waals surface area contributed by atoms with E-state index in [0.29, 0.717) is 0 Å². The van der Waals surface area contributed by atoms with E-state index in [9.17, 15) is 27.9 Å². The molecule has 0 bridgehead atoms. The first-order valence-corrected chi connectivity index (χ1v) is 7.00. The van der Waals surface area contributed by atoms with Crippen LogP contribution in [-0.4, -0.2) is 61.5 Å². The summed E-state index contributed by atoms with van der Waals surface area (Å²) in [7, 11) is 1.16. The maximum atomic E-state index is 12.2. The van der Waals surface area contributed by atoms with Crippen molar-refractivity contribution in [2.75, 3.05) is 25.3 Å². The number of nitrogens with zero attached hydrogens (tertiary/aromatic N) is 1. The van der Waals surface area contributed by atoms with Crippen LogP contribution in [0.15, 0.2) is 18.2 Å². The molecule has 12 heteroatoms. The first kappa shape index (κ1) is 20.1. The average Bonchev–Trinajstić information content (AvgIpc) is 2.78. The summed E-state index contributed by atoms with van der Waals surface area (Å²) in [4.78, 5) is 24.7. The topological polar surface area (TPSA) is 115 Å². The molecule has 26 heavy (non-hydrogen) atoms. The minimum atomic E-state index is -4.95. The lowest BCUT2D eigenvalue weighted by Crippen LogP contribution is -2.38. The molecule has 0 aliphatic carbocycles. The minimum Gasteiger partial charge on any atom is -0.406 e. The Morgan fingerprint density at radius 3 is 2.50 bits per heavy atom. The molecule has 0 saturated heterocycles. The second kappa shape index (κ2) is 7.97. The number of Topliss-reactive ketones (excluding diaryl/α,β-unsaturated/α-hetero) is 1. The Morgan fingerprint density at radius 2 is 1.88 bits per heavy atom. The molecule has 0 fully saturated rings. The number of hydrogen-bond acceptors (Lipinski definition) is 8. The third-order valence-electron chi connectivity index (χ3n) is 3.19. The number of rotatable bonds is 8. The molecule has 1 aromatic rings. The highest BCUT2D eigenvalue weighted by Gasteiger charge is 2.38. The molecular weight excluding hydrogens is 367 g/mol.